The number of nitrogens with zero attached hydrogens (tertiary/aromatic N) is 2. The third kappa shape index (κ3) is 2.88. The van der Waals surface area contributed by atoms with Crippen molar-refractivity contribution in [2.45, 2.75) is 31.7 Å². The first-order valence-electron chi connectivity index (χ1n) is 7.78. The summed E-state index contributed by atoms with van der Waals surface area (Å²) in [6.07, 6.45) is 5.02. The Hall–Kier alpha value is -1.62. The van der Waals surface area contributed by atoms with Crippen LogP contribution in [0.2, 0.25) is 0 Å². The number of nitrogen functional groups attached to an aromatic ring is 1. The molecule has 1 unspecified atom stereocenters. The molecule has 2 saturated heterocycles. The highest BCUT2D eigenvalue weighted by molar-refractivity contribution is 6.00. The number of hydrogen-bond acceptors (Lipinski definition) is 3. The van der Waals surface area contributed by atoms with Gasteiger partial charge in [-0.3, -0.25) is 10.3 Å². The van der Waals surface area contributed by atoms with Crippen LogP contribution < -0.4 is 10.6 Å². The second-order valence-electron chi connectivity index (χ2n) is 6.03. The predicted molar refractivity (Wildman–Crippen MR) is 83.5 cm³/mol. The second kappa shape index (κ2) is 6.02. The summed E-state index contributed by atoms with van der Waals surface area (Å²) in [5, 5.41) is 7.63. The Labute approximate surface area is 125 Å². The summed E-state index contributed by atoms with van der Waals surface area (Å²) in [4.78, 5) is 4.75. The highest BCUT2D eigenvalue weighted by Crippen LogP contribution is 2.28. The fourth-order valence-electron chi connectivity index (χ4n) is 3.59. The molecular formula is C16H23FN4. The topological polar surface area (TPSA) is 56.4 Å². The molecule has 2 aliphatic heterocycles. The summed E-state index contributed by atoms with van der Waals surface area (Å²) >= 11 is 0. The average Bonchev–Trinajstić information content (AvgIpc) is 2.97. The number of hydrogen-bond donors (Lipinski definition) is 2. The molecule has 3 rings (SSSR count). The van der Waals surface area contributed by atoms with E-state index in [2.05, 4.69) is 9.80 Å². The van der Waals surface area contributed by atoms with Crippen molar-refractivity contribution in [1.29, 1.82) is 5.41 Å². The quantitative estimate of drug-likeness (QED) is 0.662. The Morgan fingerprint density at radius 3 is 2.67 bits per heavy atom. The molecule has 114 valence electrons. The van der Waals surface area contributed by atoms with Crippen LogP contribution in [0.25, 0.3) is 0 Å². The number of piperidine rings is 1. The molecule has 0 saturated carbocycles. The van der Waals surface area contributed by atoms with Crippen LogP contribution in [0.15, 0.2) is 18.2 Å². The van der Waals surface area contributed by atoms with Crippen LogP contribution >= 0.6 is 0 Å². The van der Waals surface area contributed by atoms with E-state index in [0.29, 0.717) is 6.04 Å². The maximum Gasteiger partial charge on any atom is 0.136 e. The van der Waals surface area contributed by atoms with Gasteiger partial charge in [-0.1, -0.05) is 12.5 Å². The van der Waals surface area contributed by atoms with Gasteiger partial charge in [0.1, 0.15) is 11.7 Å². The van der Waals surface area contributed by atoms with E-state index in [1.165, 1.54) is 38.4 Å². The van der Waals surface area contributed by atoms with E-state index >= 15 is 0 Å². The number of nitrogens with one attached hydrogen (secondary N) is 1. The van der Waals surface area contributed by atoms with Crippen molar-refractivity contribution in [3.63, 3.8) is 0 Å². The van der Waals surface area contributed by atoms with Gasteiger partial charge in [-0.2, -0.15) is 0 Å². The van der Waals surface area contributed by atoms with E-state index in [4.69, 9.17) is 11.1 Å². The van der Waals surface area contributed by atoms with Crippen molar-refractivity contribution in [2.24, 2.45) is 5.73 Å². The third-order valence-electron chi connectivity index (χ3n) is 4.67. The summed E-state index contributed by atoms with van der Waals surface area (Å²) in [5.41, 5.74) is 6.58. The first kappa shape index (κ1) is 14.3. The normalized spacial score (nSPS) is 23.5. The molecule has 5 heteroatoms. The molecule has 0 radical (unpaired) electrons. The van der Waals surface area contributed by atoms with Crippen LogP contribution in [0.3, 0.4) is 0 Å². The number of rotatable bonds is 3. The van der Waals surface area contributed by atoms with Gasteiger partial charge >= 0.3 is 0 Å². The van der Waals surface area contributed by atoms with Crippen LogP contribution in [0, 0.1) is 11.2 Å². The zero-order valence-corrected chi connectivity index (χ0v) is 12.3. The van der Waals surface area contributed by atoms with Gasteiger partial charge in [-0.15, -0.1) is 0 Å². The molecule has 0 aliphatic carbocycles. The molecule has 2 aliphatic rings. The van der Waals surface area contributed by atoms with Gasteiger partial charge < -0.3 is 10.6 Å². The van der Waals surface area contributed by atoms with Crippen molar-refractivity contribution in [2.75, 3.05) is 31.1 Å². The largest absolute Gasteiger partial charge is 0.384 e. The van der Waals surface area contributed by atoms with Crippen molar-refractivity contribution in [3.8, 4) is 0 Å². The number of benzene rings is 1. The summed E-state index contributed by atoms with van der Waals surface area (Å²) < 4.78 is 13.9. The monoisotopic (exact) mass is 290 g/mol. The van der Waals surface area contributed by atoms with Crippen molar-refractivity contribution in [1.82, 2.24) is 4.90 Å². The molecule has 1 atom stereocenters. The van der Waals surface area contributed by atoms with Crippen LogP contribution in [-0.4, -0.2) is 43.0 Å². The minimum absolute atomic E-state index is 0.190. The lowest BCUT2D eigenvalue weighted by Gasteiger charge is -2.32. The lowest BCUT2D eigenvalue weighted by Crippen LogP contribution is -2.41. The van der Waals surface area contributed by atoms with Gasteiger partial charge in [-0.05, 0) is 44.5 Å². The van der Waals surface area contributed by atoms with Crippen LogP contribution in [-0.2, 0) is 0 Å². The Morgan fingerprint density at radius 1 is 1.19 bits per heavy atom. The highest BCUT2D eigenvalue weighted by Gasteiger charge is 2.30. The van der Waals surface area contributed by atoms with Crippen molar-refractivity contribution < 1.29 is 4.39 Å². The fraction of sp³-hybridized carbons (Fsp3) is 0.562. The van der Waals surface area contributed by atoms with E-state index in [0.717, 1.165) is 25.2 Å². The second-order valence-corrected chi connectivity index (χ2v) is 6.03. The molecule has 1 aromatic carbocycles. The number of likely N-dealkylation sites (tertiary alicyclic amines) is 1. The molecule has 0 amide bonds. The molecule has 0 aromatic heterocycles. The van der Waals surface area contributed by atoms with E-state index in [9.17, 15) is 4.39 Å². The average molecular weight is 290 g/mol. The van der Waals surface area contributed by atoms with Gasteiger partial charge in [0.2, 0.25) is 0 Å². The SMILES string of the molecule is N=C(N)c1c(F)cccc1N1CCC(N2CCCCC2)C1. The van der Waals surface area contributed by atoms with Gasteiger partial charge in [-0.25, -0.2) is 4.39 Å². The molecule has 2 fully saturated rings. The van der Waals surface area contributed by atoms with Crippen molar-refractivity contribution in [3.05, 3.63) is 29.6 Å². The van der Waals surface area contributed by atoms with Crippen LogP contribution in [0.1, 0.15) is 31.2 Å². The fourth-order valence-corrected chi connectivity index (χ4v) is 3.59. The molecule has 3 N–H and O–H groups in total. The van der Waals surface area contributed by atoms with Gasteiger partial charge in [0.25, 0.3) is 0 Å². The minimum Gasteiger partial charge on any atom is -0.384 e. The number of amidine groups is 1. The van der Waals surface area contributed by atoms with E-state index in [1.807, 2.05) is 6.07 Å². The first-order chi connectivity index (χ1) is 10.2. The predicted octanol–water partition coefficient (Wildman–Crippen LogP) is 2.17. The molecule has 0 bridgehead atoms. The maximum absolute atomic E-state index is 13.9. The molecule has 4 nitrogen and oxygen atoms in total. The lowest BCUT2D eigenvalue weighted by atomic mass is 10.1. The lowest BCUT2D eigenvalue weighted by molar-refractivity contribution is 0.175. The standard InChI is InChI=1S/C16H23FN4/c17-13-5-4-6-14(15(13)16(18)19)21-10-7-12(11-21)20-8-2-1-3-9-20/h4-6,12H,1-3,7-11H2,(H3,18,19). The summed E-state index contributed by atoms with van der Waals surface area (Å²) in [7, 11) is 0. The van der Waals surface area contributed by atoms with E-state index in [-0.39, 0.29) is 11.4 Å². The first-order valence-corrected chi connectivity index (χ1v) is 7.78. The maximum atomic E-state index is 13.9. The Balaban J connectivity index is 1.77. The van der Waals surface area contributed by atoms with Crippen LogP contribution in [0.4, 0.5) is 10.1 Å². The number of halogens is 1. The van der Waals surface area contributed by atoms with Gasteiger partial charge in [0.05, 0.1) is 11.3 Å². The highest BCUT2D eigenvalue weighted by atomic mass is 19.1. The van der Waals surface area contributed by atoms with Crippen LogP contribution in [0.5, 0.6) is 0 Å². The summed E-state index contributed by atoms with van der Waals surface area (Å²) in [6.45, 7) is 4.18. The molecule has 2 heterocycles. The zero-order chi connectivity index (χ0) is 14.8. The Kier molecular flexibility index (Phi) is 4.10. The Morgan fingerprint density at radius 2 is 1.95 bits per heavy atom. The summed E-state index contributed by atoms with van der Waals surface area (Å²) in [5.74, 6) is -0.592. The molecule has 21 heavy (non-hydrogen) atoms. The zero-order valence-electron chi connectivity index (χ0n) is 12.3. The van der Waals surface area contributed by atoms with E-state index in [1.54, 1.807) is 6.07 Å². The third-order valence-corrected chi connectivity index (χ3v) is 4.67. The minimum atomic E-state index is -0.401. The molecule has 0 spiro atoms. The molecule has 1 aromatic rings. The smallest absolute Gasteiger partial charge is 0.136 e. The number of anilines is 1. The van der Waals surface area contributed by atoms with E-state index < -0.39 is 5.82 Å². The number of nitrogens with two attached hydrogens (primary N) is 1. The Bertz CT molecular complexity index is 525. The van der Waals surface area contributed by atoms with Crippen molar-refractivity contribution >= 4 is 11.5 Å². The summed E-state index contributed by atoms with van der Waals surface area (Å²) in [6, 6.07) is 5.50. The van der Waals surface area contributed by atoms with Gasteiger partial charge in [0.15, 0.2) is 0 Å². The van der Waals surface area contributed by atoms with Gasteiger partial charge in [0, 0.05) is 19.1 Å². The molecular weight excluding hydrogens is 267 g/mol.